The fraction of sp³-hybridized carbons (Fsp3) is 0.357. The number of nitro benzene ring substituents is 1. The van der Waals surface area contributed by atoms with Crippen LogP contribution in [0.4, 0.5) is 10.5 Å². The van der Waals surface area contributed by atoms with Gasteiger partial charge >= 0.3 is 6.09 Å². The molecule has 1 saturated heterocycles. The summed E-state index contributed by atoms with van der Waals surface area (Å²) in [6.07, 6.45) is 9.73. The van der Waals surface area contributed by atoms with Gasteiger partial charge in [-0.05, 0) is 42.5 Å². The van der Waals surface area contributed by atoms with Crippen LogP contribution in [0.3, 0.4) is 0 Å². The zero-order chi connectivity index (χ0) is 26.0. The molecule has 1 fully saturated rings. The number of hydrogen-bond donors (Lipinski definition) is 0. The smallest absolute Gasteiger partial charge is 0.410 e. The summed E-state index contributed by atoms with van der Waals surface area (Å²) >= 11 is 0. The first-order chi connectivity index (χ1) is 18.0. The zero-order valence-corrected chi connectivity index (χ0v) is 20.9. The second-order valence-electron chi connectivity index (χ2n) is 9.22. The van der Waals surface area contributed by atoms with Gasteiger partial charge in [-0.1, -0.05) is 36.4 Å². The molecule has 0 saturated carbocycles. The van der Waals surface area contributed by atoms with Crippen LogP contribution in [0, 0.1) is 10.1 Å². The molecule has 1 aromatic heterocycles. The SMILES string of the molecule is C=CCN(C(=O)OCc1ccc([N+](=O)[O-])cc1)C1CCN(CCC(c2ccccc2)n2ccnc2)CC1. The standard InChI is InChI=1S/C28H33N5O4/c1-2-16-32(28(34)37-21-23-8-10-26(11-9-23)33(35)36)25-12-17-30(18-13-25)19-14-27(31-20-15-29-22-31)24-6-4-3-5-7-24/h2-11,15,20,22,25,27H,1,12-14,16-19,21H2. The number of non-ortho nitro benzene ring substituents is 1. The minimum absolute atomic E-state index is 0.00948. The number of benzene rings is 2. The van der Waals surface area contributed by atoms with E-state index < -0.39 is 4.92 Å². The van der Waals surface area contributed by atoms with Gasteiger partial charge in [0.25, 0.3) is 5.69 Å². The van der Waals surface area contributed by atoms with E-state index in [1.807, 2.05) is 24.8 Å². The number of carbonyl (C=O) groups is 1. The van der Waals surface area contributed by atoms with Gasteiger partial charge in [0.2, 0.25) is 0 Å². The Bertz CT molecular complexity index is 1140. The molecule has 2 heterocycles. The van der Waals surface area contributed by atoms with Gasteiger partial charge in [0, 0.05) is 56.7 Å². The molecule has 2 aromatic carbocycles. The molecule has 9 heteroatoms. The number of nitrogens with zero attached hydrogens (tertiary/aromatic N) is 5. The maximum Gasteiger partial charge on any atom is 0.410 e. The summed E-state index contributed by atoms with van der Waals surface area (Å²) in [6.45, 7) is 7.05. The van der Waals surface area contributed by atoms with Gasteiger partial charge in [0.05, 0.1) is 17.3 Å². The second-order valence-corrected chi connectivity index (χ2v) is 9.22. The fourth-order valence-corrected chi connectivity index (χ4v) is 4.83. The fourth-order valence-electron chi connectivity index (χ4n) is 4.83. The third kappa shape index (κ3) is 7.04. The van der Waals surface area contributed by atoms with E-state index in [-0.39, 0.29) is 30.5 Å². The molecule has 194 valence electrons. The first-order valence-corrected chi connectivity index (χ1v) is 12.6. The van der Waals surface area contributed by atoms with E-state index >= 15 is 0 Å². The molecule has 0 spiro atoms. The van der Waals surface area contributed by atoms with Gasteiger partial charge < -0.3 is 19.1 Å². The summed E-state index contributed by atoms with van der Waals surface area (Å²) in [5.41, 5.74) is 1.98. The predicted octanol–water partition coefficient (Wildman–Crippen LogP) is 5.06. The van der Waals surface area contributed by atoms with Crippen molar-refractivity contribution in [2.75, 3.05) is 26.2 Å². The number of likely N-dealkylation sites (tertiary alicyclic amines) is 1. The molecular formula is C28H33N5O4. The Morgan fingerprint density at radius 1 is 1.19 bits per heavy atom. The summed E-state index contributed by atoms with van der Waals surface area (Å²) in [6, 6.07) is 16.8. The highest BCUT2D eigenvalue weighted by Gasteiger charge is 2.28. The first-order valence-electron chi connectivity index (χ1n) is 12.6. The lowest BCUT2D eigenvalue weighted by atomic mass is 10.0. The van der Waals surface area contributed by atoms with E-state index in [4.69, 9.17) is 4.74 Å². The van der Waals surface area contributed by atoms with Gasteiger partial charge in [-0.3, -0.25) is 10.1 Å². The molecule has 1 amide bonds. The summed E-state index contributed by atoms with van der Waals surface area (Å²) in [5.74, 6) is 0. The van der Waals surface area contributed by atoms with Crippen LogP contribution in [-0.2, 0) is 11.3 Å². The van der Waals surface area contributed by atoms with E-state index in [9.17, 15) is 14.9 Å². The van der Waals surface area contributed by atoms with Gasteiger partial charge in [0.15, 0.2) is 0 Å². The van der Waals surface area contributed by atoms with Gasteiger partial charge in [-0.15, -0.1) is 6.58 Å². The Morgan fingerprint density at radius 3 is 2.54 bits per heavy atom. The molecule has 9 nitrogen and oxygen atoms in total. The lowest BCUT2D eigenvalue weighted by Crippen LogP contribution is -2.48. The molecule has 0 radical (unpaired) electrons. The normalized spacial score (nSPS) is 15.1. The highest BCUT2D eigenvalue weighted by Crippen LogP contribution is 2.24. The molecule has 1 unspecified atom stereocenters. The highest BCUT2D eigenvalue weighted by molar-refractivity contribution is 5.68. The van der Waals surface area contributed by atoms with Crippen molar-refractivity contribution in [3.8, 4) is 0 Å². The number of rotatable bonds is 11. The topological polar surface area (TPSA) is 93.7 Å². The summed E-state index contributed by atoms with van der Waals surface area (Å²) < 4.78 is 7.70. The summed E-state index contributed by atoms with van der Waals surface area (Å²) in [7, 11) is 0. The molecule has 37 heavy (non-hydrogen) atoms. The third-order valence-corrected chi connectivity index (χ3v) is 6.86. The number of carbonyl (C=O) groups excluding carboxylic acids is 1. The molecule has 1 aliphatic heterocycles. The van der Waals surface area contributed by atoms with Crippen LogP contribution in [0.2, 0.25) is 0 Å². The highest BCUT2D eigenvalue weighted by atomic mass is 16.6. The van der Waals surface area contributed by atoms with Crippen LogP contribution in [0.5, 0.6) is 0 Å². The molecule has 1 atom stereocenters. The van der Waals surface area contributed by atoms with Crippen molar-refractivity contribution in [3.05, 3.63) is 107 Å². The maximum atomic E-state index is 12.9. The predicted molar refractivity (Wildman–Crippen MR) is 141 cm³/mol. The van der Waals surface area contributed by atoms with Crippen LogP contribution in [0.25, 0.3) is 0 Å². The van der Waals surface area contributed by atoms with E-state index in [1.165, 1.54) is 17.7 Å². The maximum absolute atomic E-state index is 12.9. The monoisotopic (exact) mass is 503 g/mol. The first kappa shape index (κ1) is 26.1. The van der Waals surface area contributed by atoms with Crippen LogP contribution < -0.4 is 0 Å². The van der Waals surface area contributed by atoms with Crippen molar-refractivity contribution < 1.29 is 14.5 Å². The zero-order valence-electron chi connectivity index (χ0n) is 20.9. The number of imidazole rings is 1. The number of hydrogen-bond acceptors (Lipinski definition) is 6. The van der Waals surface area contributed by atoms with Gasteiger partial charge in [-0.25, -0.2) is 9.78 Å². The van der Waals surface area contributed by atoms with Crippen molar-refractivity contribution in [1.29, 1.82) is 0 Å². The van der Waals surface area contributed by atoms with Crippen molar-refractivity contribution in [3.63, 3.8) is 0 Å². The molecule has 3 aromatic rings. The Hall–Kier alpha value is -3.98. The summed E-state index contributed by atoms with van der Waals surface area (Å²) in [5, 5.41) is 10.8. The van der Waals surface area contributed by atoms with Crippen LogP contribution in [-0.4, -0.2) is 62.6 Å². The summed E-state index contributed by atoms with van der Waals surface area (Å²) in [4.78, 5) is 31.7. The van der Waals surface area contributed by atoms with Crippen molar-refractivity contribution in [2.24, 2.45) is 0 Å². The van der Waals surface area contributed by atoms with Crippen molar-refractivity contribution >= 4 is 11.8 Å². The van der Waals surface area contributed by atoms with Crippen LogP contribution >= 0.6 is 0 Å². The Kier molecular flexibility index (Phi) is 9.04. The minimum atomic E-state index is -0.451. The molecular weight excluding hydrogens is 470 g/mol. The number of piperidine rings is 1. The van der Waals surface area contributed by atoms with E-state index in [0.717, 1.165) is 38.9 Å². The number of amides is 1. The van der Waals surface area contributed by atoms with Crippen LogP contribution in [0.15, 0.2) is 86.0 Å². The van der Waals surface area contributed by atoms with Crippen molar-refractivity contribution in [2.45, 2.75) is 38.0 Å². The molecule has 0 bridgehead atoms. The third-order valence-electron chi connectivity index (χ3n) is 6.86. The Balaban J connectivity index is 1.28. The van der Waals surface area contributed by atoms with Gasteiger partial charge in [0.1, 0.15) is 6.61 Å². The largest absolute Gasteiger partial charge is 0.445 e. The van der Waals surface area contributed by atoms with Gasteiger partial charge in [-0.2, -0.15) is 0 Å². The van der Waals surface area contributed by atoms with E-state index in [1.54, 1.807) is 23.1 Å². The number of aromatic nitrogens is 2. The number of ether oxygens (including phenoxy) is 1. The average molecular weight is 504 g/mol. The molecule has 4 rings (SSSR count). The van der Waals surface area contributed by atoms with Crippen LogP contribution in [0.1, 0.15) is 36.4 Å². The average Bonchev–Trinajstić information content (AvgIpc) is 3.46. The quantitative estimate of drug-likeness (QED) is 0.206. The Labute approximate surface area is 217 Å². The number of nitro groups is 1. The second kappa shape index (κ2) is 12.8. The minimum Gasteiger partial charge on any atom is -0.445 e. The lowest BCUT2D eigenvalue weighted by Gasteiger charge is -2.38. The molecule has 0 N–H and O–H groups in total. The molecule has 0 aliphatic carbocycles. The lowest BCUT2D eigenvalue weighted by molar-refractivity contribution is -0.384. The Morgan fingerprint density at radius 2 is 1.92 bits per heavy atom. The van der Waals surface area contributed by atoms with E-state index in [0.29, 0.717) is 12.1 Å². The van der Waals surface area contributed by atoms with E-state index in [2.05, 4.69) is 45.3 Å². The van der Waals surface area contributed by atoms with Crippen molar-refractivity contribution in [1.82, 2.24) is 19.4 Å². The molecule has 1 aliphatic rings.